The Morgan fingerprint density at radius 2 is 2.05 bits per heavy atom. The molecule has 19 heavy (non-hydrogen) atoms. The molecule has 1 aliphatic carbocycles. The average molecular weight is 262 g/mol. The van der Waals surface area contributed by atoms with Gasteiger partial charge in [-0.1, -0.05) is 19.3 Å². The van der Waals surface area contributed by atoms with Gasteiger partial charge < -0.3 is 16.2 Å². The van der Waals surface area contributed by atoms with Crippen LogP contribution < -0.4 is 11.1 Å². The molecule has 0 aliphatic heterocycles. The molecule has 0 heterocycles. The molecule has 1 amide bonds. The fraction of sp³-hybridized carbons (Fsp3) is 0.533. The minimum absolute atomic E-state index is 0.00664. The van der Waals surface area contributed by atoms with Gasteiger partial charge in [0.2, 0.25) is 0 Å². The summed E-state index contributed by atoms with van der Waals surface area (Å²) in [7, 11) is 0. The van der Waals surface area contributed by atoms with Crippen LogP contribution in [0.1, 0.15) is 48.0 Å². The number of nitrogens with one attached hydrogen (secondary N) is 1. The Morgan fingerprint density at radius 1 is 1.37 bits per heavy atom. The molecule has 1 aromatic rings. The van der Waals surface area contributed by atoms with Gasteiger partial charge in [-0.2, -0.15) is 0 Å². The SMILES string of the molecule is Cc1cc(C(=O)NC2(CO)CCCCC2)ccc1N. The van der Waals surface area contributed by atoms with E-state index in [1.54, 1.807) is 18.2 Å². The highest BCUT2D eigenvalue weighted by molar-refractivity contribution is 5.95. The minimum atomic E-state index is -0.440. The highest BCUT2D eigenvalue weighted by Crippen LogP contribution is 2.28. The summed E-state index contributed by atoms with van der Waals surface area (Å²) in [5.41, 5.74) is 7.50. The van der Waals surface area contributed by atoms with Gasteiger partial charge in [-0.15, -0.1) is 0 Å². The number of nitrogens with two attached hydrogens (primary N) is 1. The molecule has 1 saturated carbocycles. The van der Waals surface area contributed by atoms with Crippen LogP contribution in [0, 0.1) is 6.92 Å². The van der Waals surface area contributed by atoms with E-state index < -0.39 is 5.54 Å². The molecule has 1 fully saturated rings. The largest absolute Gasteiger partial charge is 0.399 e. The Balaban J connectivity index is 2.12. The van der Waals surface area contributed by atoms with Crippen molar-refractivity contribution >= 4 is 11.6 Å². The number of anilines is 1. The second-order valence-electron chi connectivity index (χ2n) is 5.52. The number of amides is 1. The lowest BCUT2D eigenvalue weighted by atomic mass is 9.82. The molecular weight excluding hydrogens is 240 g/mol. The fourth-order valence-corrected chi connectivity index (χ4v) is 2.68. The Hall–Kier alpha value is -1.55. The number of rotatable bonds is 3. The first kappa shape index (κ1) is 13.9. The van der Waals surface area contributed by atoms with E-state index in [4.69, 9.17) is 5.73 Å². The first-order valence-electron chi connectivity index (χ1n) is 6.86. The monoisotopic (exact) mass is 262 g/mol. The number of carbonyl (C=O) groups excluding carboxylic acids is 1. The van der Waals surface area contributed by atoms with Crippen molar-refractivity contribution in [3.05, 3.63) is 29.3 Å². The molecule has 4 N–H and O–H groups in total. The Morgan fingerprint density at radius 3 is 2.63 bits per heavy atom. The van der Waals surface area contributed by atoms with Crippen LogP contribution in [-0.2, 0) is 0 Å². The molecule has 4 heteroatoms. The Bertz CT molecular complexity index is 465. The van der Waals surface area contributed by atoms with Gasteiger partial charge in [-0.25, -0.2) is 0 Å². The smallest absolute Gasteiger partial charge is 0.251 e. The van der Waals surface area contributed by atoms with Crippen molar-refractivity contribution in [2.24, 2.45) is 0 Å². The molecule has 0 unspecified atom stereocenters. The van der Waals surface area contributed by atoms with Crippen molar-refractivity contribution in [3.8, 4) is 0 Å². The maximum absolute atomic E-state index is 12.3. The van der Waals surface area contributed by atoms with Crippen LogP contribution in [0.25, 0.3) is 0 Å². The molecular formula is C15H22N2O2. The van der Waals surface area contributed by atoms with E-state index >= 15 is 0 Å². The normalized spacial score (nSPS) is 18.0. The lowest BCUT2D eigenvalue weighted by Gasteiger charge is -2.36. The van der Waals surface area contributed by atoms with Gasteiger partial charge >= 0.3 is 0 Å². The molecule has 4 nitrogen and oxygen atoms in total. The Kier molecular flexibility index (Phi) is 4.10. The quantitative estimate of drug-likeness (QED) is 0.729. The molecule has 0 bridgehead atoms. The van der Waals surface area contributed by atoms with Gasteiger partial charge in [0.05, 0.1) is 12.1 Å². The van der Waals surface area contributed by atoms with E-state index in [9.17, 15) is 9.90 Å². The maximum atomic E-state index is 12.3. The van der Waals surface area contributed by atoms with Crippen LogP contribution in [0.3, 0.4) is 0 Å². The van der Waals surface area contributed by atoms with Crippen LogP contribution in [-0.4, -0.2) is 23.2 Å². The van der Waals surface area contributed by atoms with Crippen molar-refractivity contribution in [2.75, 3.05) is 12.3 Å². The molecule has 1 aliphatic rings. The molecule has 104 valence electrons. The molecule has 0 spiro atoms. The van der Waals surface area contributed by atoms with Gasteiger partial charge in [0, 0.05) is 11.3 Å². The van der Waals surface area contributed by atoms with Crippen LogP contribution in [0.15, 0.2) is 18.2 Å². The summed E-state index contributed by atoms with van der Waals surface area (Å²) in [6.45, 7) is 1.89. The number of aryl methyl sites for hydroxylation is 1. The third-order valence-electron chi connectivity index (χ3n) is 4.02. The highest BCUT2D eigenvalue weighted by atomic mass is 16.3. The van der Waals surface area contributed by atoms with Crippen LogP contribution >= 0.6 is 0 Å². The summed E-state index contributed by atoms with van der Waals surface area (Å²) >= 11 is 0. The topological polar surface area (TPSA) is 75.3 Å². The number of hydrogen-bond acceptors (Lipinski definition) is 3. The predicted octanol–water partition coefficient (Wildman–Crippen LogP) is 2.00. The number of hydrogen-bond donors (Lipinski definition) is 3. The van der Waals surface area contributed by atoms with Crippen molar-refractivity contribution in [1.29, 1.82) is 0 Å². The van der Waals surface area contributed by atoms with Gasteiger partial charge in [0.1, 0.15) is 0 Å². The van der Waals surface area contributed by atoms with Gasteiger partial charge in [-0.3, -0.25) is 4.79 Å². The lowest BCUT2D eigenvalue weighted by molar-refractivity contribution is 0.0758. The molecule has 0 aromatic heterocycles. The predicted molar refractivity (Wildman–Crippen MR) is 76.0 cm³/mol. The van der Waals surface area contributed by atoms with Crippen molar-refractivity contribution in [3.63, 3.8) is 0 Å². The van der Waals surface area contributed by atoms with E-state index in [0.717, 1.165) is 31.2 Å². The number of benzene rings is 1. The second-order valence-corrected chi connectivity index (χ2v) is 5.52. The third-order valence-corrected chi connectivity index (χ3v) is 4.02. The Labute approximate surface area is 114 Å². The van der Waals surface area contributed by atoms with E-state index in [0.29, 0.717) is 11.3 Å². The lowest BCUT2D eigenvalue weighted by Crippen LogP contribution is -2.52. The van der Waals surface area contributed by atoms with Crippen molar-refractivity contribution in [1.82, 2.24) is 5.32 Å². The van der Waals surface area contributed by atoms with Crippen LogP contribution in [0.5, 0.6) is 0 Å². The number of carbonyl (C=O) groups is 1. The standard InChI is InChI=1S/C15H22N2O2/c1-11-9-12(5-6-13(11)16)14(19)17-15(10-18)7-3-2-4-8-15/h5-6,9,18H,2-4,7-8,10,16H2,1H3,(H,17,19). The molecule has 0 saturated heterocycles. The summed E-state index contributed by atoms with van der Waals surface area (Å²) in [4.78, 5) is 12.3. The number of nitrogen functional groups attached to an aromatic ring is 1. The summed E-state index contributed by atoms with van der Waals surface area (Å²) in [6, 6.07) is 5.26. The van der Waals surface area contributed by atoms with Crippen LogP contribution in [0.2, 0.25) is 0 Å². The van der Waals surface area contributed by atoms with Crippen LogP contribution in [0.4, 0.5) is 5.69 Å². The van der Waals surface area contributed by atoms with E-state index in [1.807, 2.05) is 6.92 Å². The summed E-state index contributed by atoms with van der Waals surface area (Å²) in [5, 5.41) is 12.6. The maximum Gasteiger partial charge on any atom is 0.251 e. The zero-order valence-corrected chi connectivity index (χ0v) is 11.4. The number of aliphatic hydroxyl groups is 1. The van der Waals surface area contributed by atoms with E-state index in [2.05, 4.69) is 5.32 Å². The highest BCUT2D eigenvalue weighted by Gasteiger charge is 2.33. The first-order chi connectivity index (χ1) is 9.06. The minimum Gasteiger partial charge on any atom is -0.399 e. The molecule has 1 aromatic carbocycles. The summed E-state index contributed by atoms with van der Waals surface area (Å²) in [5.74, 6) is -0.126. The second kappa shape index (κ2) is 5.61. The average Bonchev–Trinajstić information content (AvgIpc) is 2.43. The van der Waals surface area contributed by atoms with Crippen molar-refractivity contribution < 1.29 is 9.90 Å². The van der Waals surface area contributed by atoms with Gasteiger partial charge in [0.25, 0.3) is 5.91 Å². The summed E-state index contributed by atoms with van der Waals surface area (Å²) in [6.07, 6.45) is 4.99. The van der Waals surface area contributed by atoms with E-state index in [-0.39, 0.29) is 12.5 Å². The van der Waals surface area contributed by atoms with Gasteiger partial charge in [-0.05, 0) is 43.5 Å². The zero-order valence-electron chi connectivity index (χ0n) is 11.4. The molecule has 2 rings (SSSR count). The van der Waals surface area contributed by atoms with Gasteiger partial charge in [0.15, 0.2) is 0 Å². The van der Waals surface area contributed by atoms with Crippen molar-refractivity contribution in [2.45, 2.75) is 44.6 Å². The molecule has 0 radical (unpaired) electrons. The zero-order chi connectivity index (χ0) is 13.9. The molecule has 0 atom stereocenters. The third kappa shape index (κ3) is 3.07. The van der Waals surface area contributed by atoms with E-state index in [1.165, 1.54) is 6.42 Å². The first-order valence-corrected chi connectivity index (χ1v) is 6.86. The summed E-state index contributed by atoms with van der Waals surface area (Å²) < 4.78 is 0. The number of aliphatic hydroxyl groups excluding tert-OH is 1. The fourth-order valence-electron chi connectivity index (χ4n) is 2.68.